The molecule has 1 saturated heterocycles. The maximum absolute atomic E-state index is 11.3. The van der Waals surface area contributed by atoms with Crippen molar-refractivity contribution in [2.24, 2.45) is 0 Å². The van der Waals surface area contributed by atoms with Crippen molar-refractivity contribution in [3.05, 3.63) is 34.9 Å². The van der Waals surface area contributed by atoms with Gasteiger partial charge < -0.3 is 4.74 Å². The van der Waals surface area contributed by atoms with Crippen molar-refractivity contribution in [3.63, 3.8) is 0 Å². The molecule has 0 saturated carbocycles. The molecule has 1 fully saturated rings. The van der Waals surface area contributed by atoms with Crippen molar-refractivity contribution in [1.29, 1.82) is 0 Å². The van der Waals surface area contributed by atoms with E-state index in [-0.39, 0.29) is 23.7 Å². The number of carbonyl (C=O) groups is 1. The summed E-state index contributed by atoms with van der Waals surface area (Å²) in [5.74, 6) is -0.326. The van der Waals surface area contributed by atoms with E-state index in [4.69, 9.17) is 21.2 Å². The minimum Gasteiger partial charge on any atom is -0.463 e. The molecule has 1 aromatic carbocycles. The zero-order chi connectivity index (χ0) is 18.0. The zero-order valence-corrected chi connectivity index (χ0v) is 16.0. The van der Waals surface area contributed by atoms with Crippen molar-refractivity contribution >= 4 is 17.6 Å². The van der Waals surface area contributed by atoms with Gasteiger partial charge in [0.15, 0.2) is 0 Å². The normalized spacial score (nSPS) is 21.2. The van der Waals surface area contributed by atoms with Crippen LogP contribution in [0.3, 0.4) is 0 Å². The van der Waals surface area contributed by atoms with Gasteiger partial charge in [0.1, 0.15) is 12.7 Å². The summed E-state index contributed by atoms with van der Waals surface area (Å²) in [7, 11) is 0. The molecule has 5 heteroatoms. The van der Waals surface area contributed by atoms with Crippen LogP contribution in [-0.4, -0.2) is 28.7 Å². The average Bonchev–Trinajstić information content (AvgIpc) is 2.46. The van der Waals surface area contributed by atoms with Crippen LogP contribution in [0.15, 0.2) is 24.3 Å². The van der Waals surface area contributed by atoms with Gasteiger partial charge in [0, 0.05) is 28.6 Å². The van der Waals surface area contributed by atoms with E-state index in [0.717, 1.165) is 18.4 Å². The quantitative estimate of drug-likeness (QED) is 0.704. The van der Waals surface area contributed by atoms with Crippen LogP contribution in [0, 0.1) is 0 Å². The van der Waals surface area contributed by atoms with Gasteiger partial charge in [-0.1, -0.05) is 29.8 Å². The van der Waals surface area contributed by atoms with Gasteiger partial charge in [0.05, 0.1) is 0 Å². The van der Waals surface area contributed by atoms with E-state index >= 15 is 0 Å². The molecule has 0 aromatic heterocycles. The Morgan fingerprint density at radius 3 is 2.33 bits per heavy atom. The Bertz CT molecular complexity index is 570. The van der Waals surface area contributed by atoms with Gasteiger partial charge >= 0.3 is 5.97 Å². The van der Waals surface area contributed by atoms with Crippen molar-refractivity contribution < 1.29 is 14.4 Å². The zero-order valence-electron chi connectivity index (χ0n) is 15.3. The molecule has 134 valence electrons. The Balaban J connectivity index is 2.30. The summed E-state index contributed by atoms with van der Waals surface area (Å²) < 4.78 is 5.24. The van der Waals surface area contributed by atoms with Gasteiger partial charge in [0.25, 0.3) is 0 Å². The molecular weight excluding hydrogens is 326 g/mol. The van der Waals surface area contributed by atoms with E-state index in [2.05, 4.69) is 32.8 Å². The van der Waals surface area contributed by atoms with Crippen LogP contribution in [0.1, 0.15) is 65.5 Å². The number of benzene rings is 1. The third-order valence-corrected chi connectivity index (χ3v) is 4.94. The van der Waals surface area contributed by atoms with Gasteiger partial charge in [-0.3, -0.25) is 9.63 Å². The van der Waals surface area contributed by atoms with Crippen molar-refractivity contribution in [3.8, 4) is 0 Å². The Labute approximate surface area is 150 Å². The predicted octanol–water partition coefficient (Wildman–Crippen LogP) is 4.92. The molecule has 1 atom stereocenters. The molecule has 1 heterocycles. The SMILES string of the molecule is CC(=O)OC[C@H](ON1C(C)(C)CCCC1(C)C)c1ccccc1Cl. The fraction of sp³-hybridized carbons (Fsp3) is 0.632. The number of rotatable bonds is 5. The maximum Gasteiger partial charge on any atom is 0.302 e. The first kappa shape index (κ1) is 19.2. The second-order valence-corrected chi connectivity index (χ2v) is 8.10. The first-order valence-electron chi connectivity index (χ1n) is 8.48. The van der Waals surface area contributed by atoms with Gasteiger partial charge in [-0.2, -0.15) is 5.06 Å². The number of hydrogen-bond acceptors (Lipinski definition) is 4. The number of hydrogen-bond donors (Lipinski definition) is 0. The van der Waals surface area contributed by atoms with Crippen LogP contribution in [0.4, 0.5) is 0 Å². The average molecular weight is 354 g/mol. The lowest BCUT2D eigenvalue weighted by molar-refractivity contribution is -0.311. The molecule has 0 aliphatic carbocycles. The summed E-state index contributed by atoms with van der Waals surface area (Å²) in [6, 6.07) is 7.54. The van der Waals surface area contributed by atoms with Crippen LogP contribution in [0.5, 0.6) is 0 Å². The largest absolute Gasteiger partial charge is 0.463 e. The minimum absolute atomic E-state index is 0.0997. The van der Waals surface area contributed by atoms with Gasteiger partial charge in [-0.25, -0.2) is 0 Å². The molecule has 0 bridgehead atoms. The number of esters is 1. The number of ether oxygens (including phenoxy) is 1. The standard InChI is InChI=1S/C19H28ClNO3/c1-14(22)23-13-17(15-9-6-7-10-16(15)20)24-21-18(2,3)11-8-12-19(21,4)5/h6-7,9-10,17H,8,11-13H2,1-5H3/t17-/m0/s1. The molecule has 0 unspecified atom stereocenters. The summed E-state index contributed by atoms with van der Waals surface area (Å²) in [4.78, 5) is 17.7. The number of carbonyl (C=O) groups excluding carboxylic acids is 1. The first-order valence-corrected chi connectivity index (χ1v) is 8.86. The van der Waals surface area contributed by atoms with Crippen molar-refractivity contribution in [1.82, 2.24) is 5.06 Å². The van der Waals surface area contributed by atoms with Crippen LogP contribution in [0.25, 0.3) is 0 Å². The number of hydroxylamine groups is 2. The first-order chi connectivity index (χ1) is 11.1. The highest BCUT2D eigenvalue weighted by atomic mass is 35.5. The molecule has 4 nitrogen and oxygen atoms in total. The fourth-order valence-electron chi connectivity index (χ4n) is 3.49. The topological polar surface area (TPSA) is 38.8 Å². The molecule has 1 aliphatic rings. The van der Waals surface area contributed by atoms with Gasteiger partial charge in [-0.05, 0) is 53.0 Å². The lowest BCUT2D eigenvalue weighted by atomic mass is 9.82. The molecule has 24 heavy (non-hydrogen) atoms. The second kappa shape index (κ2) is 7.42. The second-order valence-electron chi connectivity index (χ2n) is 7.69. The summed E-state index contributed by atoms with van der Waals surface area (Å²) in [6.45, 7) is 10.3. The summed E-state index contributed by atoms with van der Waals surface area (Å²) in [6.07, 6.45) is 2.85. The Hall–Kier alpha value is -1.10. The van der Waals surface area contributed by atoms with E-state index in [1.807, 2.05) is 24.3 Å². The van der Waals surface area contributed by atoms with E-state index in [9.17, 15) is 4.79 Å². The maximum atomic E-state index is 11.3. The molecule has 1 aromatic rings. The molecule has 0 N–H and O–H groups in total. The Morgan fingerprint density at radius 2 is 1.79 bits per heavy atom. The van der Waals surface area contributed by atoms with Crippen LogP contribution >= 0.6 is 11.6 Å². The highest BCUT2D eigenvalue weighted by Crippen LogP contribution is 2.41. The van der Waals surface area contributed by atoms with Crippen molar-refractivity contribution in [2.45, 2.75) is 71.1 Å². The summed E-state index contributed by atoms with van der Waals surface area (Å²) in [5, 5.41) is 2.68. The third kappa shape index (κ3) is 4.50. The molecule has 2 rings (SSSR count). The Kier molecular flexibility index (Phi) is 5.95. The van der Waals surface area contributed by atoms with E-state index < -0.39 is 6.10 Å². The van der Waals surface area contributed by atoms with E-state index in [1.54, 1.807) is 0 Å². The molecule has 1 aliphatic heterocycles. The van der Waals surface area contributed by atoms with Crippen LogP contribution in [-0.2, 0) is 14.4 Å². The highest BCUT2D eigenvalue weighted by molar-refractivity contribution is 6.31. The third-order valence-electron chi connectivity index (χ3n) is 4.60. The number of nitrogens with zero attached hydrogens (tertiary/aromatic N) is 1. The van der Waals surface area contributed by atoms with Crippen LogP contribution < -0.4 is 0 Å². The van der Waals surface area contributed by atoms with Crippen molar-refractivity contribution in [2.75, 3.05) is 6.61 Å². The lowest BCUT2D eigenvalue weighted by Crippen LogP contribution is -2.58. The monoisotopic (exact) mass is 353 g/mol. The van der Waals surface area contributed by atoms with Crippen LogP contribution in [0.2, 0.25) is 5.02 Å². The lowest BCUT2D eigenvalue weighted by Gasteiger charge is -2.52. The molecule has 0 radical (unpaired) electrons. The number of piperidine rings is 1. The Morgan fingerprint density at radius 1 is 1.21 bits per heavy atom. The molecule has 0 amide bonds. The summed E-state index contributed by atoms with van der Waals surface area (Å²) in [5.41, 5.74) is 0.632. The summed E-state index contributed by atoms with van der Waals surface area (Å²) >= 11 is 6.36. The van der Waals surface area contributed by atoms with Gasteiger partial charge in [-0.15, -0.1) is 0 Å². The van der Waals surface area contributed by atoms with Gasteiger partial charge in [0.2, 0.25) is 0 Å². The predicted molar refractivity (Wildman–Crippen MR) is 95.8 cm³/mol. The fourth-order valence-corrected chi connectivity index (χ4v) is 3.75. The highest BCUT2D eigenvalue weighted by Gasteiger charge is 2.44. The molecular formula is C19H28ClNO3. The smallest absolute Gasteiger partial charge is 0.302 e. The number of halogens is 1. The minimum atomic E-state index is -0.431. The van der Waals surface area contributed by atoms with E-state index in [1.165, 1.54) is 13.3 Å². The molecule has 0 spiro atoms. The van der Waals surface area contributed by atoms with E-state index in [0.29, 0.717) is 5.02 Å².